The Morgan fingerprint density at radius 2 is 1.81 bits per heavy atom. The number of aryl methyl sites for hydroxylation is 2. The molecular weight excluding hydrogens is 573 g/mol. The lowest BCUT2D eigenvalue weighted by atomic mass is 9.85. The van der Waals surface area contributed by atoms with Crippen LogP contribution >= 0.6 is 11.9 Å². The number of fused-ring (bicyclic) bond motifs is 4. The molecule has 1 aliphatic carbocycles. The highest BCUT2D eigenvalue weighted by molar-refractivity contribution is 7.98. The molecule has 0 spiro atoms. The maximum Gasteiger partial charge on any atom is 0.433 e. The van der Waals surface area contributed by atoms with Gasteiger partial charge in [0.1, 0.15) is 24.0 Å². The predicted octanol–water partition coefficient (Wildman–Crippen LogP) is 6.48. The van der Waals surface area contributed by atoms with E-state index in [1.54, 1.807) is 11.9 Å². The third kappa shape index (κ3) is 8.92. The molecule has 238 valence electrons. The topological polar surface area (TPSA) is 74.3 Å². The number of nitrogens with zero attached hydrogens (tertiary/aromatic N) is 3. The summed E-state index contributed by atoms with van der Waals surface area (Å²) >= 11 is 1.79. The third-order valence-corrected chi connectivity index (χ3v) is 9.97. The Hall–Kier alpha value is -1.76. The number of rotatable bonds is 4. The van der Waals surface area contributed by atoms with Crippen molar-refractivity contribution in [3.8, 4) is 0 Å². The Morgan fingerprint density at radius 1 is 1.05 bits per heavy atom. The quantitative estimate of drug-likeness (QED) is 0.336. The van der Waals surface area contributed by atoms with E-state index in [1.807, 2.05) is 0 Å². The number of nitrogens with one attached hydrogen (secondary N) is 3. The van der Waals surface area contributed by atoms with Crippen LogP contribution in [0.25, 0.3) is 0 Å². The summed E-state index contributed by atoms with van der Waals surface area (Å²) in [5, 5.41) is 7.89. The van der Waals surface area contributed by atoms with Gasteiger partial charge in [0.25, 0.3) is 0 Å². The van der Waals surface area contributed by atoms with E-state index >= 15 is 0 Å². The van der Waals surface area contributed by atoms with Crippen molar-refractivity contribution in [2.45, 2.75) is 116 Å². The molecule has 0 amide bonds. The average Bonchev–Trinajstić information content (AvgIpc) is 2.93. The van der Waals surface area contributed by atoms with Gasteiger partial charge in [0.15, 0.2) is 0 Å². The highest BCUT2D eigenvalue weighted by atomic mass is 32.2. The van der Waals surface area contributed by atoms with E-state index in [0.29, 0.717) is 17.8 Å². The van der Waals surface area contributed by atoms with Crippen LogP contribution in [-0.2, 0) is 17.5 Å². The molecule has 3 fully saturated rings. The molecule has 1 aromatic heterocycles. The van der Waals surface area contributed by atoms with Gasteiger partial charge in [0.2, 0.25) is 0 Å². The second-order valence-electron chi connectivity index (χ2n) is 13.8. The lowest BCUT2D eigenvalue weighted by Gasteiger charge is -2.41. The zero-order valence-electron chi connectivity index (χ0n) is 26.0. The lowest BCUT2D eigenvalue weighted by molar-refractivity contribution is -0.141. The molecule has 6 atom stereocenters. The van der Waals surface area contributed by atoms with Gasteiger partial charge in [-0.15, -0.1) is 0 Å². The summed E-state index contributed by atoms with van der Waals surface area (Å²) < 4.78 is 51.0. The van der Waals surface area contributed by atoms with Crippen LogP contribution in [0.1, 0.15) is 93.5 Å². The normalized spacial score (nSPS) is 29.8. The zero-order chi connectivity index (χ0) is 30.8. The number of alkyl halides is 3. The summed E-state index contributed by atoms with van der Waals surface area (Å²) in [6.07, 6.45) is 2.45. The van der Waals surface area contributed by atoms with Crippen LogP contribution in [0, 0.1) is 25.2 Å². The summed E-state index contributed by atoms with van der Waals surface area (Å²) in [4.78, 5) is 10.5. The SMILES string of the molecule is Cc1cccc(C)c1C1CC2NC(NSC3CCCC(C3)CN(Cc3nccc(C(F)(F)F)n3)[C@H](CC(C)(C)C)CO2)N1. The Kier molecular flexibility index (Phi) is 10.4. The Bertz CT molecular complexity index is 1200. The molecular formula is C32H47F3N6OS. The van der Waals surface area contributed by atoms with E-state index in [-0.39, 0.29) is 42.4 Å². The standard InChI is InChI=1S/C32H47F3N6OS/c1-20-8-6-9-21(2)29(20)25-15-28-39-30(37-25)40-43-24-11-7-10-22(14-24)17-41(23(19-42-28)16-31(3,4)5)18-27-36-13-12-26(38-27)32(33,34)35/h6,8-9,12-13,22-25,28,30,37,39-40H,7,10-11,14-19H2,1-5H3/t22?,23-,24?,25?,28?,30?/m1/s1. The molecule has 11 heteroatoms. The number of halogens is 3. The minimum Gasteiger partial charge on any atom is -0.362 e. The molecule has 2 aromatic rings. The van der Waals surface area contributed by atoms with Crippen molar-refractivity contribution in [1.29, 1.82) is 0 Å². The second kappa shape index (κ2) is 13.7. The van der Waals surface area contributed by atoms with Gasteiger partial charge < -0.3 is 4.74 Å². The van der Waals surface area contributed by atoms with Crippen LogP contribution in [-0.4, -0.2) is 51.8 Å². The molecule has 3 aliphatic rings. The van der Waals surface area contributed by atoms with E-state index in [2.05, 4.69) is 83.0 Å². The van der Waals surface area contributed by atoms with Crippen molar-refractivity contribution in [2.75, 3.05) is 13.2 Å². The molecule has 0 radical (unpaired) electrons. The summed E-state index contributed by atoms with van der Waals surface area (Å²) in [5.74, 6) is 0.640. The van der Waals surface area contributed by atoms with E-state index in [0.717, 1.165) is 51.1 Å². The first-order valence-electron chi connectivity index (χ1n) is 15.6. The molecule has 7 nitrogen and oxygen atoms in total. The van der Waals surface area contributed by atoms with Crippen LogP contribution < -0.4 is 15.4 Å². The molecule has 5 rings (SSSR count). The van der Waals surface area contributed by atoms with Gasteiger partial charge in [-0.1, -0.05) is 57.3 Å². The van der Waals surface area contributed by atoms with Gasteiger partial charge in [0, 0.05) is 36.5 Å². The summed E-state index contributed by atoms with van der Waals surface area (Å²) in [6.45, 7) is 12.5. The van der Waals surface area contributed by atoms with Gasteiger partial charge in [-0.05, 0) is 73.6 Å². The first kappa shape index (κ1) is 32.6. The summed E-state index contributed by atoms with van der Waals surface area (Å²) in [6, 6.07) is 7.48. The number of ether oxygens (including phenoxy) is 1. The Balaban J connectivity index is 1.45. The molecule has 43 heavy (non-hydrogen) atoms. The van der Waals surface area contributed by atoms with Gasteiger partial charge in [-0.3, -0.25) is 15.5 Å². The van der Waals surface area contributed by atoms with Crippen molar-refractivity contribution in [1.82, 2.24) is 30.2 Å². The van der Waals surface area contributed by atoms with Gasteiger partial charge in [-0.25, -0.2) is 14.7 Å². The maximum atomic E-state index is 13.5. The molecule has 5 unspecified atom stereocenters. The second-order valence-corrected chi connectivity index (χ2v) is 14.9. The van der Waals surface area contributed by atoms with Crippen molar-refractivity contribution >= 4 is 11.9 Å². The molecule has 2 saturated heterocycles. The summed E-state index contributed by atoms with van der Waals surface area (Å²) in [7, 11) is 0. The van der Waals surface area contributed by atoms with Crippen molar-refractivity contribution in [3.63, 3.8) is 0 Å². The van der Waals surface area contributed by atoms with E-state index in [4.69, 9.17) is 4.74 Å². The molecule has 3 heterocycles. The summed E-state index contributed by atoms with van der Waals surface area (Å²) in [5.41, 5.74) is 2.93. The highest BCUT2D eigenvalue weighted by Gasteiger charge is 2.36. The van der Waals surface area contributed by atoms with Crippen molar-refractivity contribution in [2.24, 2.45) is 11.3 Å². The minimum absolute atomic E-state index is 0.00586. The van der Waals surface area contributed by atoms with E-state index in [1.165, 1.54) is 22.9 Å². The highest BCUT2D eigenvalue weighted by Crippen LogP contribution is 2.36. The fourth-order valence-corrected chi connectivity index (χ4v) is 8.06. The van der Waals surface area contributed by atoms with E-state index in [9.17, 15) is 13.2 Å². The fraction of sp³-hybridized carbons (Fsp3) is 0.688. The van der Waals surface area contributed by atoms with Crippen LogP contribution in [0.5, 0.6) is 0 Å². The number of aromatic nitrogens is 2. The van der Waals surface area contributed by atoms with E-state index < -0.39 is 11.9 Å². The van der Waals surface area contributed by atoms with Crippen LogP contribution in [0.2, 0.25) is 0 Å². The molecule has 2 aliphatic heterocycles. The monoisotopic (exact) mass is 620 g/mol. The van der Waals surface area contributed by atoms with Gasteiger partial charge >= 0.3 is 6.18 Å². The van der Waals surface area contributed by atoms with Crippen molar-refractivity contribution in [3.05, 3.63) is 58.7 Å². The smallest absolute Gasteiger partial charge is 0.362 e. The third-order valence-electron chi connectivity index (χ3n) is 8.84. The largest absolute Gasteiger partial charge is 0.433 e. The predicted molar refractivity (Wildman–Crippen MR) is 165 cm³/mol. The molecule has 1 saturated carbocycles. The number of hydrogen-bond acceptors (Lipinski definition) is 8. The Morgan fingerprint density at radius 3 is 2.53 bits per heavy atom. The first-order chi connectivity index (χ1) is 20.3. The van der Waals surface area contributed by atoms with Crippen molar-refractivity contribution < 1.29 is 17.9 Å². The number of benzene rings is 1. The number of hydrogen-bond donors (Lipinski definition) is 3. The van der Waals surface area contributed by atoms with Gasteiger partial charge in [-0.2, -0.15) is 13.2 Å². The Labute approximate surface area is 258 Å². The average molecular weight is 621 g/mol. The van der Waals surface area contributed by atoms with Gasteiger partial charge in [0.05, 0.1) is 13.2 Å². The zero-order valence-corrected chi connectivity index (χ0v) is 26.8. The van der Waals surface area contributed by atoms with Crippen LogP contribution in [0.4, 0.5) is 13.2 Å². The first-order valence-corrected chi connectivity index (χ1v) is 16.5. The van der Waals surface area contributed by atoms with Crippen LogP contribution in [0.15, 0.2) is 30.5 Å². The van der Waals surface area contributed by atoms with Crippen LogP contribution in [0.3, 0.4) is 0 Å². The fourth-order valence-electron chi connectivity index (χ4n) is 6.94. The maximum absolute atomic E-state index is 13.5. The lowest BCUT2D eigenvalue weighted by Crippen LogP contribution is -2.61. The molecule has 1 aromatic carbocycles. The molecule has 4 bridgehead atoms. The minimum atomic E-state index is -4.50. The molecule has 3 N–H and O–H groups in total.